The van der Waals surface area contributed by atoms with Crippen LogP contribution >= 0.6 is 11.6 Å². The normalized spacial score (nSPS) is 11.9. The maximum Gasteiger partial charge on any atom is 0.517 e. The van der Waals surface area contributed by atoms with Crippen molar-refractivity contribution in [1.82, 2.24) is 0 Å². The second-order valence-electron chi connectivity index (χ2n) is 3.32. The Morgan fingerprint density at radius 1 is 1.33 bits per heavy atom. The second kappa shape index (κ2) is 8.53. The minimum absolute atomic E-state index is 0.277. The quantitative estimate of drug-likeness (QED) is 0.401. The van der Waals surface area contributed by atoms with Gasteiger partial charge in [-0.25, -0.2) is 9.59 Å². The maximum atomic E-state index is 10.8. The molecule has 0 saturated carbocycles. The molecule has 1 unspecified atom stereocenters. The molecule has 1 atom stereocenters. The number of carbonyl (C=O) groups is 2. The first-order chi connectivity index (χ1) is 7.10. The lowest BCUT2D eigenvalue weighted by atomic mass is 10.0. The van der Waals surface area contributed by atoms with Crippen LogP contribution in [0.2, 0.25) is 0 Å². The molecule has 0 aliphatic carbocycles. The van der Waals surface area contributed by atoms with Gasteiger partial charge in [0, 0.05) is 11.6 Å². The number of hydrogen-bond acceptors (Lipinski definition) is 4. The minimum atomic E-state index is -1.17. The third-order valence-electron chi connectivity index (χ3n) is 2.14. The van der Waals surface area contributed by atoms with Gasteiger partial charge in [-0.1, -0.05) is 33.1 Å². The van der Waals surface area contributed by atoms with E-state index in [4.69, 9.17) is 16.3 Å². The summed E-state index contributed by atoms with van der Waals surface area (Å²) in [6, 6.07) is 0. The molecular formula is C10H17ClO4. The average Bonchev–Trinajstić information content (AvgIpc) is 2.17. The lowest BCUT2D eigenvalue weighted by Gasteiger charge is -2.13. The molecule has 0 aliphatic heterocycles. The zero-order valence-corrected chi connectivity index (χ0v) is 9.88. The summed E-state index contributed by atoms with van der Waals surface area (Å²) in [5, 5.41) is 0. The fourth-order valence-corrected chi connectivity index (χ4v) is 1.24. The highest BCUT2D eigenvalue weighted by Crippen LogP contribution is 2.13. The smallest absolute Gasteiger partial charge is 0.434 e. The van der Waals surface area contributed by atoms with Gasteiger partial charge in [0.25, 0.3) is 0 Å². The number of rotatable bonds is 6. The minimum Gasteiger partial charge on any atom is -0.434 e. The van der Waals surface area contributed by atoms with Crippen LogP contribution in [0.3, 0.4) is 0 Å². The van der Waals surface area contributed by atoms with Crippen LogP contribution in [0.5, 0.6) is 0 Å². The standard InChI is InChI=1S/C10H17ClO4/c1-3-5-6-8(4-2)7-14-10(13)15-9(11)12/h8H,3-7H2,1-2H3. The molecule has 0 bridgehead atoms. The predicted octanol–water partition coefficient (Wildman–Crippen LogP) is 3.71. The first-order valence-corrected chi connectivity index (χ1v) is 5.52. The van der Waals surface area contributed by atoms with E-state index in [1.165, 1.54) is 0 Å². The van der Waals surface area contributed by atoms with Crippen molar-refractivity contribution in [2.45, 2.75) is 39.5 Å². The van der Waals surface area contributed by atoms with Crippen molar-refractivity contribution in [3.8, 4) is 0 Å². The van der Waals surface area contributed by atoms with Crippen LogP contribution in [0.1, 0.15) is 39.5 Å². The molecule has 0 heterocycles. The highest BCUT2D eigenvalue weighted by atomic mass is 35.5. The molecule has 0 fully saturated rings. The van der Waals surface area contributed by atoms with Crippen LogP contribution < -0.4 is 0 Å². The van der Waals surface area contributed by atoms with Gasteiger partial charge in [-0.15, -0.1) is 0 Å². The summed E-state index contributed by atoms with van der Waals surface area (Å²) >= 11 is 4.84. The van der Waals surface area contributed by atoms with Crippen molar-refractivity contribution in [3.05, 3.63) is 0 Å². The third kappa shape index (κ3) is 8.24. The Morgan fingerprint density at radius 3 is 2.47 bits per heavy atom. The summed E-state index contributed by atoms with van der Waals surface area (Å²) in [4.78, 5) is 21.0. The Kier molecular flexibility index (Phi) is 8.09. The second-order valence-corrected chi connectivity index (χ2v) is 3.63. The summed E-state index contributed by atoms with van der Waals surface area (Å²) in [5.41, 5.74) is -1.17. The Balaban J connectivity index is 3.69. The van der Waals surface area contributed by atoms with Crippen LogP contribution in [-0.2, 0) is 9.47 Å². The number of ether oxygens (including phenoxy) is 2. The number of carbonyl (C=O) groups excluding carboxylic acids is 2. The van der Waals surface area contributed by atoms with Gasteiger partial charge >= 0.3 is 11.6 Å². The molecule has 0 spiro atoms. The van der Waals surface area contributed by atoms with E-state index in [0.717, 1.165) is 25.7 Å². The van der Waals surface area contributed by atoms with E-state index in [-0.39, 0.29) is 6.61 Å². The summed E-state index contributed by atoms with van der Waals surface area (Å²) in [6.07, 6.45) is 3.13. The highest BCUT2D eigenvalue weighted by molar-refractivity contribution is 6.61. The zero-order valence-electron chi connectivity index (χ0n) is 9.12. The van der Waals surface area contributed by atoms with Crippen LogP contribution in [-0.4, -0.2) is 18.2 Å². The fraction of sp³-hybridized carbons (Fsp3) is 0.800. The monoisotopic (exact) mass is 236 g/mol. The van der Waals surface area contributed by atoms with Crippen molar-refractivity contribution in [2.24, 2.45) is 5.92 Å². The first-order valence-electron chi connectivity index (χ1n) is 5.14. The summed E-state index contributed by atoms with van der Waals surface area (Å²) in [7, 11) is 0. The highest BCUT2D eigenvalue weighted by Gasteiger charge is 2.12. The van der Waals surface area contributed by atoms with Gasteiger partial charge in [0.05, 0.1) is 6.61 Å². The van der Waals surface area contributed by atoms with Crippen molar-refractivity contribution in [1.29, 1.82) is 0 Å². The van der Waals surface area contributed by atoms with Gasteiger partial charge in [0.15, 0.2) is 0 Å². The first kappa shape index (κ1) is 14.2. The molecule has 0 aromatic carbocycles. The van der Waals surface area contributed by atoms with Gasteiger partial charge in [0.2, 0.25) is 0 Å². The van der Waals surface area contributed by atoms with Crippen LogP contribution in [0.4, 0.5) is 9.59 Å². The molecule has 4 nitrogen and oxygen atoms in total. The average molecular weight is 237 g/mol. The largest absolute Gasteiger partial charge is 0.517 e. The van der Waals surface area contributed by atoms with Crippen molar-refractivity contribution in [2.75, 3.05) is 6.61 Å². The maximum absolute atomic E-state index is 10.8. The van der Waals surface area contributed by atoms with Crippen molar-refractivity contribution in [3.63, 3.8) is 0 Å². The predicted molar refractivity (Wildman–Crippen MR) is 57.0 cm³/mol. The van der Waals surface area contributed by atoms with E-state index in [9.17, 15) is 9.59 Å². The fourth-order valence-electron chi connectivity index (χ4n) is 1.18. The molecule has 88 valence electrons. The Bertz CT molecular complexity index is 206. The van der Waals surface area contributed by atoms with Gasteiger partial charge in [-0.3, -0.25) is 0 Å². The van der Waals surface area contributed by atoms with E-state index in [2.05, 4.69) is 11.7 Å². The third-order valence-corrected chi connectivity index (χ3v) is 2.22. The molecule has 0 radical (unpaired) electrons. The Morgan fingerprint density at radius 2 is 2.00 bits per heavy atom. The lowest BCUT2D eigenvalue weighted by Crippen LogP contribution is -2.15. The van der Waals surface area contributed by atoms with Crippen molar-refractivity contribution >= 4 is 23.2 Å². The van der Waals surface area contributed by atoms with E-state index in [0.29, 0.717) is 5.92 Å². The van der Waals surface area contributed by atoms with Crippen LogP contribution in [0.15, 0.2) is 0 Å². The topological polar surface area (TPSA) is 52.6 Å². The summed E-state index contributed by atoms with van der Waals surface area (Å²) < 4.78 is 8.75. The molecule has 0 N–H and O–H groups in total. The Labute approximate surface area is 94.9 Å². The van der Waals surface area contributed by atoms with Crippen molar-refractivity contribution < 1.29 is 19.1 Å². The molecular weight excluding hydrogens is 220 g/mol. The number of halogens is 1. The molecule has 0 rings (SSSR count). The molecule has 0 aromatic rings. The number of hydrogen-bond donors (Lipinski definition) is 0. The molecule has 0 amide bonds. The van der Waals surface area contributed by atoms with E-state index < -0.39 is 11.6 Å². The zero-order chi connectivity index (χ0) is 11.7. The summed E-state index contributed by atoms with van der Waals surface area (Å²) in [6.45, 7) is 4.41. The van der Waals surface area contributed by atoms with E-state index in [1.54, 1.807) is 0 Å². The number of unbranched alkanes of at least 4 members (excludes halogenated alkanes) is 1. The van der Waals surface area contributed by atoms with E-state index >= 15 is 0 Å². The Hall–Kier alpha value is -0.770. The van der Waals surface area contributed by atoms with Crippen LogP contribution in [0.25, 0.3) is 0 Å². The van der Waals surface area contributed by atoms with Gasteiger partial charge < -0.3 is 9.47 Å². The van der Waals surface area contributed by atoms with Gasteiger partial charge in [-0.2, -0.15) is 0 Å². The van der Waals surface area contributed by atoms with E-state index in [1.807, 2.05) is 6.92 Å². The molecule has 5 heteroatoms. The SMILES string of the molecule is CCCCC(CC)COC(=O)OC(=O)Cl. The van der Waals surface area contributed by atoms with Crippen LogP contribution in [0, 0.1) is 5.92 Å². The molecule has 0 saturated heterocycles. The van der Waals surface area contributed by atoms with Gasteiger partial charge in [-0.05, 0) is 12.3 Å². The summed E-state index contributed by atoms with van der Waals surface area (Å²) in [5.74, 6) is 0.322. The molecule has 0 aromatic heterocycles. The molecule has 15 heavy (non-hydrogen) atoms. The molecule has 0 aliphatic rings. The lowest BCUT2D eigenvalue weighted by molar-refractivity contribution is 0.0680. The van der Waals surface area contributed by atoms with Gasteiger partial charge in [0.1, 0.15) is 0 Å².